The molecule has 3 heteroatoms. The van der Waals surface area contributed by atoms with Crippen LogP contribution in [-0.4, -0.2) is 25.8 Å². The third kappa shape index (κ3) is 13.4. The van der Waals surface area contributed by atoms with Gasteiger partial charge < -0.3 is 9.47 Å². The summed E-state index contributed by atoms with van der Waals surface area (Å²) in [5.74, 6) is -0.0583. The minimum Gasteiger partial charge on any atom is -0.466 e. The van der Waals surface area contributed by atoms with E-state index in [4.69, 9.17) is 9.47 Å². The first-order valence-electron chi connectivity index (χ1n) is 7.04. The second-order valence-corrected chi connectivity index (χ2v) is 4.35. The van der Waals surface area contributed by atoms with Crippen LogP contribution in [0.15, 0.2) is 0 Å². The lowest BCUT2D eigenvalue weighted by atomic mass is 10.2. The maximum atomic E-state index is 11.3. The molecule has 0 aromatic rings. The molecule has 17 heavy (non-hydrogen) atoms. The summed E-state index contributed by atoms with van der Waals surface area (Å²) in [5, 5.41) is 0. The number of hydrogen-bond donors (Lipinski definition) is 0. The van der Waals surface area contributed by atoms with E-state index in [1.54, 1.807) is 0 Å². The Bertz CT molecular complexity index is 169. The molecule has 0 saturated heterocycles. The standard InChI is InChI=1S/C14H28O3/c1-3-5-6-8-13-17-14(15)10-7-9-12-16-11-4-2/h3-13H2,1-2H3. The van der Waals surface area contributed by atoms with Crippen LogP contribution < -0.4 is 0 Å². The molecule has 0 heterocycles. The van der Waals surface area contributed by atoms with Gasteiger partial charge in [0, 0.05) is 19.6 Å². The molecule has 0 atom stereocenters. The van der Waals surface area contributed by atoms with Gasteiger partial charge in [-0.25, -0.2) is 0 Å². The van der Waals surface area contributed by atoms with Crippen molar-refractivity contribution in [2.45, 2.75) is 65.2 Å². The van der Waals surface area contributed by atoms with Gasteiger partial charge >= 0.3 is 5.97 Å². The first kappa shape index (κ1) is 16.4. The average molecular weight is 244 g/mol. The number of esters is 1. The van der Waals surface area contributed by atoms with E-state index in [2.05, 4.69) is 13.8 Å². The van der Waals surface area contributed by atoms with Crippen molar-refractivity contribution in [3.8, 4) is 0 Å². The maximum absolute atomic E-state index is 11.3. The Morgan fingerprint density at radius 3 is 2.29 bits per heavy atom. The third-order valence-electron chi connectivity index (χ3n) is 2.53. The zero-order valence-electron chi connectivity index (χ0n) is 11.5. The molecule has 0 spiro atoms. The van der Waals surface area contributed by atoms with E-state index in [0.29, 0.717) is 13.0 Å². The van der Waals surface area contributed by atoms with Gasteiger partial charge in [-0.2, -0.15) is 0 Å². The van der Waals surface area contributed by atoms with Gasteiger partial charge in [-0.15, -0.1) is 0 Å². The van der Waals surface area contributed by atoms with Crippen LogP contribution in [0.5, 0.6) is 0 Å². The Kier molecular flexibility index (Phi) is 13.0. The molecule has 0 bridgehead atoms. The number of carbonyl (C=O) groups excluding carboxylic acids is 1. The Labute approximate surface area is 106 Å². The monoisotopic (exact) mass is 244 g/mol. The molecule has 0 unspecified atom stereocenters. The van der Waals surface area contributed by atoms with E-state index in [-0.39, 0.29) is 5.97 Å². The molecule has 0 aliphatic carbocycles. The molecule has 3 nitrogen and oxygen atoms in total. The van der Waals surface area contributed by atoms with Crippen LogP contribution in [0.25, 0.3) is 0 Å². The molecule has 0 rings (SSSR count). The number of unbranched alkanes of at least 4 members (excludes halogenated alkanes) is 4. The lowest BCUT2D eigenvalue weighted by Crippen LogP contribution is -2.06. The van der Waals surface area contributed by atoms with Crippen molar-refractivity contribution >= 4 is 5.97 Å². The second-order valence-electron chi connectivity index (χ2n) is 4.35. The molecule has 0 N–H and O–H groups in total. The third-order valence-corrected chi connectivity index (χ3v) is 2.53. The molecule has 0 aromatic heterocycles. The van der Waals surface area contributed by atoms with E-state index < -0.39 is 0 Å². The summed E-state index contributed by atoms with van der Waals surface area (Å²) in [7, 11) is 0. The Balaban J connectivity index is 3.12. The highest BCUT2D eigenvalue weighted by Gasteiger charge is 2.01. The SMILES string of the molecule is CCCCCCOC(=O)CCCCOCCC. The second kappa shape index (κ2) is 13.5. The van der Waals surface area contributed by atoms with Crippen molar-refractivity contribution in [2.75, 3.05) is 19.8 Å². The summed E-state index contributed by atoms with van der Waals surface area (Å²) in [6.45, 7) is 6.44. The van der Waals surface area contributed by atoms with Gasteiger partial charge in [-0.1, -0.05) is 33.1 Å². The highest BCUT2D eigenvalue weighted by atomic mass is 16.5. The van der Waals surface area contributed by atoms with E-state index in [0.717, 1.165) is 45.3 Å². The van der Waals surface area contributed by atoms with Crippen LogP contribution in [0, 0.1) is 0 Å². The largest absolute Gasteiger partial charge is 0.466 e. The molecule has 0 aliphatic heterocycles. The van der Waals surface area contributed by atoms with Crippen LogP contribution in [0.3, 0.4) is 0 Å². The van der Waals surface area contributed by atoms with Gasteiger partial charge in [0.1, 0.15) is 0 Å². The van der Waals surface area contributed by atoms with Crippen molar-refractivity contribution < 1.29 is 14.3 Å². The molecule has 0 aliphatic rings. The van der Waals surface area contributed by atoms with Crippen LogP contribution in [0.1, 0.15) is 65.2 Å². The fourth-order valence-corrected chi connectivity index (χ4v) is 1.51. The van der Waals surface area contributed by atoms with Crippen LogP contribution >= 0.6 is 0 Å². The molecule has 0 amide bonds. The lowest BCUT2D eigenvalue weighted by molar-refractivity contribution is -0.143. The average Bonchev–Trinajstić information content (AvgIpc) is 2.33. The highest BCUT2D eigenvalue weighted by Crippen LogP contribution is 2.02. The first-order chi connectivity index (χ1) is 8.31. The van der Waals surface area contributed by atoms with Crippen molar-refractivity contribution in [3.63, 3.8) is 0 Å². The first-order valence-corrected chi connectivity index (χ1v) is 7.04. The van der Waals surface area contributed by atoms with Crippen LogP contribution in [-0.2, 0) is 14.3 Å². The molecular weight excluding hydrogens is 216 g/mol. The van der Waals surface area contributed by atoms with Gasteiger partial charge in [0.15, 0.2) is 0 Å². The molecule has 0 radical (unpaired) electrons. The maximum Gasteiger partial charge on any atom is 0.305 e. The summed E-state index contributed by atoms with van der Waals surface area (Å²) in [6, 6.07) is 0. The molecule has 102 valence electrons. The fraction of sp³-hybridized carbons (Fsp3) is 0.929. The van der Waals surface area contributed by atoms with E-state index in [1.165, 1.54) is 12.8 Å². The van der Waals surface area contributed by atoms with Crippen molar-refractivity contribution in [3.05, 3.63) is 0 Å². The molecular formula is C14H28O3. The minimum atomic E-state index is -0.0583. The predicted octanol–water partition coefficient (Wildman–Crippen LogP) is 3.71. The fourth-order valence-electron chi connectivity index (χ4n) is 1.51. The van der Waals surface area contributed by atoms with Crippen molar-refractivity contribution in [1.82, 2.24) is 0 Å². The van der Waals surface area contributed by atoms with E-state index in [9.17, 15) is 4.79 Å². The van der Waals surface area contributed by atoms with Crippen LogP contribution in [0.2, 0.25) is 0 Å². The Morgan fingerprint density at radius 1 is 0.824 bits per heavy atom. The molecule has 0 fully saturated rings. The molecule has 0 aromatic carbocycles. The number of carbonyl (C=O) groups is 1. The summed E-state index contributed by atoms with van der Waals surface area (Å²) in [4.78, 5) is 11.3. The van der Waals surface area contributed by atoms with E-state index in [1.807, 2.05) is 0 Å². The number of rotatable bonds is 12. The van der Waals surface area contributed by atoms with Gasteiger partial charge in [-0.3, -0.25) is 4.79 Å². The summed E-state index contributed by atoms with van der Waals surface area (Å²) >= 11 is 0. The Morgan fingerprint density at radius 2 is 1.59 bits per heavy atom. The van der Waals surface area contributed by atoms with Crippen molar-refractivity contribution in [2.24, 2.45) is 0 Å². The quantitative estimate of drug-likeness (QED) is 0.388. The normalized spacial score (nSPS) is 10.5. The zero-order valence-corrected chi connectivity index (χ0v) is 11.5. The van der Waals surface area contributed by atoms with Gasteiger partial charge in [0.2, 0.25) is 0 Å². The zero-order chi connectivity index (χ0) is 12.8. The summed E-state index contributed by atoms with van der Waals surface area (Å²) in [6.07, 6.45) is 8.01. The van der Waals surface area contributed by atoms with Crippen LogP contribution in [0.4, 0.5) is 0 Å². The smallest absolute Gasteiger partial charge is 0.305 e. The van der Waals surface area contributed by atoms with Gasteiger partial charge in [0.25, 0.3) is 0 Å². The summed E-state index contributed by atoms with van der Waals surface area (Å²) in [5.41, 5.74) is 0. The predicted molar refractivity (Wildman–Crippen MR) is 70.1 cm³/mol. The van der Waals surface area contributed by atoms with Crippen molar-refractivity contribution in [1.29, 1.82) is 0 Å². The topological polar surface area (TPSA) is 35.5 Å². The van der Waals surface area contributed by atoms with Gasteiger partial charge in [-0.05, 0) is 25.7 Å². The van der Waals surface area contributed by atoms with E-state index >= 15 is 0 Å². The summed E-state index contributed by atoms with van der Waals surface area (Å²) < 4.78 is 10.5. The number of hydrogen-bond acceptors (Lipinski definition) is 3. The number of ether oxygens (including phenoxy) is 2. The lowest BCUT2D eigenvalue weighted by Gasteiger charge is -2.05. The highest BCUT2D eigenvalue weighted by molar-refractivity contribution is 5.69. The molecule has 0 saturated carbocycles. The Hall–Kier alpha value is -0.570. The van der Waals surface area contributed by atoms with Gasteiger partial charge in [0.05, 0.1) is 6.61 Å². The minimum absolute atomic E-state index is 0.0583.